The van der Waals surface area contributed by atoms with Crippen molar-refractivity contribution >= 4 is 21.9 Å². The first-order valence-corrected chi connectivity index (χ1v) is 12.3. The number of hydrogen-bond donors (Lipinski definition) is 2. The van der Waals surface area contributed by atoms with E-state index in [0.29, 0.717) is 12.4 Å². The lowest BCUT2D eigenvalue weighted by Crippen LogP contribution is -1.96. The summed E-state index contributed by atoms with van der Waals surface area (Å²) in [4.78, 5) is 17.4. The number of nitrogens with zero attached hydrogens (tertiary/aromatic N) is 4. The van der Waals surface area contributed by atoms with Crippen molar-refractivity contribution < 1.29 is 4.74 Å². The summed E-state index contributed by atoms with van der Waals surface area (Å²) in [6.45, 7) is 0.477. The smallest absolute Gasteiger partial charge is 0.138 e. The van der Waals surface area contributed by atoms with Crippen LogP contribution in [0.1, 0.15) is 5.56 Å². The highest BCUT2D eigenvalue weighted by molar-refractivity contribution is 6.00. The Morgan fingerprint density at radius 2 is 1.68 bits per heavy atom. The summed E-state index contributed by atoms with van der Waals surface area (Å²) < 4.78 is 5.98. The Balaban J connectivity index is 1.24. The van der Waals surface area contributed by atoms with Gasteiger partial charge < -0.3 is 9.72 Å². The quantitative estimate of drug-likeness (QED) is 0.265. The number of fused-ring (bicyclic) bond motifs is 2. The predicted octanol–water partition coefficient (Wildman–Crippen LogP) is 6.81. The van der Waals surface area contributed by atoms with Crippen molar-refractivity contribution in [3.63, 3.8) is 0 Å². The second-order valence-electron chi connectivity index (χ2n) is 9.01. The summed E-state index contributed by atoms with van der Waals surface area (Å²) >= 11 is 0. The van der Waals surface area contributed by atoms with Gasteiger partial charge in [0.05, 0.1) is 28.8 Å². The maximum atomic E-state index is 5.98. The normalized spacial score (nSPS) is 11.3. The number of rotatable bonds is 6. The van der Waals surface area contributed by atoms with Crippen molar-refractivity contribution in [3.05, 3.63) is 115 Å². The van der Waals surface area contributed by atoms with Crippen LogP contribution in [0.3, 0.4) is 0 Å². The molecular weight excluding hydrogens is 472 g/mol. The number of H-pyrrole nitrogens is 2. The molecule has 38 heavy (non-hydrogen) atoms. The van der Waals surface area contributed by atoms with Gasteiger partial charge in [0.1, 0.15) is 23.6 Å². The van der Waals surface area contributed by atoms with Crippen LogP contribution in [0.15, 0.2) is 110 Å². The maximum absolute atomic E-state index is 5.98. The minimum absolute atomic E-state index is 0.477. The molecule has 5 aromatic heterocycles. The number of nitrogens with one attached hydrogen (secondary N) is 2. The average molecular weight is 495 g/mol. The van der Waals surface area contributed by atoms with Crippen LogP contribution < -0.4 is 4.74 Å². The molecule has 0 aliphatic heterocycles. The lowest BCUT2D eigenvalue weighted by atomic mass is 10.1. The summed E-state index contributed by atoms with van der Waals surface area (Å²) in [6.07, 6.45) is 5.33. The van der Waals surface area contributed by atoms with Crippen LogP contribution in [0.2, 0.25) is 0 Å². The minimum atomic E-state index is 0.477. The third-order valence-corrected chi connectivity index (χ3v) is 6.53. The second-order valence-corrected chi connectivity index (χ2v) is 9.01. The molecule has 0 fully saturated rings. The molecule has 0 atom stereocenters. The Labute approximate surface area is 218 Å². The molecule has 0 aliphatic carbocycles. The van der Waals surface area contributed by atoms with E-state index in [-0.39, 0.29) is 0 Å². The molecule has 0 unspecified atom stereocenters. The van der Waals surface area contributed by atoms with Crippen LogP contribution in [0.25, 0.3) is 55.8 Å². The van der Waals surface area contributed by atoms with Crippen molar-refractivity contribution in [2.75, 3.05) is 0 Å². The predicted molar refractivity (Wildman–Crippen MR) is 148 cm³/mol. The summed E-state index contributed by atoms with van der Waals surface area (Å²) in [5.74, 6) is 0.693. The van der Waals surface area contributed by atoms with Gasteiger partial charge in [0.15, 0.2) is 0 Å². The third-order valence-electron chi connectivity index (χ3n) is 6.53. The fourth-order valence-corrected chi connectivity index (χ4v) is 4.65. The number of aromatic amines is 2. The Kier molecular flexibility index (Phi) is 5.37. The number of benzene rings is 2. The van der Waals surface area contributed by atoms with E-state index in [1.54, 1.807) is 12.4 Å². The highest BCUT2D eigenvalue weighted by Crippen LogP contribution is 2.33. The monoisotopic (exact) mass is 494 g/mol. The molecule has 0 saturated heterocycles. The van der Waals surface area contributed by atoms with E-state index in [9.17, 15) is 0 Å². The van der Waals surface area contributed by atoms with Crippen LogP contribution in [-0.4, -0.2) is 30.1 Å². The molecule has 0 radical (unpaired) electrons. The molecular formula is C31H22N6O. The fourth-order valence-electron chi connectivity index (χ4n) is 4.65. The highest BCUT2D eigenvalue weighted by atomic mass is 16.5. The Bertz CT molecular complexity index is 1880. The molecule has 0 spiro atoms. The summed E-state index contributed by atoms with van der Waals surface area (Å²) in [5.41, 5.74) is 9.07. The van der Waals surface area contributed by atoms with Crippen LogP contribution in [0.4, 0.5) is 0 Å². The van der Waals surface area contributed by atoms with E-state index in [4.69, 9.17) is 9.72 Å². The molecule has 7 heteroatoms. The first-order valence-electron chi connectivity index (χ1n) is 12.3. The van der Waals surface area contributed by atoms with Gasteiger partial charge in [-0.25, -0.2) is 4.98 Å². The molecule has 2 N–H and O–H groups in total. The zero-order valence-corrected chi connectivity index (χ0v) is 20.3. The molecule has 0 aliphatic rings. The van der Waals surface area contributed by atoms with Crippen molar-refractivity contribution in [1.29, 1.82) is 0 Å². The highest BCUT2D eigenvalue weighted by Gasteiger charge is 2.16. The van der Waals surface area contributed by atoms with Crippen molar-refractivity contribution in [2.24, 2.45) is 0 Å². The SMILES string of the molecule is c1ccc(COc2cncc(-c3ccc4[nH]nc(-c5cc6c(-c7ccccn7)cccc6[nH]5)c4n3)c2)cc1. The van der Waals surface area contributed by atoms with Crippen molar-refractivity contribution in [2.45, 2.75) is 6.61 Å². The number of aromatic nitrogens is 6. The van der Waals surface area contributed by atoms with Gasteiger partial charge in [-0.15, -0.1) is 0 Å². The van der Waals surface area contributed by atoms with Crippen LogP contribution in [0, 0.1) is 0 Å². The zero-order chi connectivity index (χ0) is 25.3. The number of hydrogen-bond acceptors (Lipinski definition) is 5. The van der Waals surface area contributed by atoms with Crippen LogP contribution >= 0.6 is 0 Å². The van der Waals surface area contributed by atoms with Crippen LogP contribution in [-0.2, 0) is 6.61 Å². The molecule has 182 valence electrons. The maximum Gasteiger partial charge on any atom is 0.138 e. The van der Waals surface area contributed by atoms with Gasteiger partial charge in [-0.2, -0.15) is 5.10 Å². The Morgan fingerprint density at radius 1 is 0.763 bits per heavy atom. The lowest BCUT2D eigenvalue weighted by molar-refractivity contribution is 0.305. The molecule has 7 rings (SSSR count). The molecule has 0 amide bonds. The van der Waals surface area contributed by atoms with Gasteiger partial charge in [-0.1, -0.05) is 48.5 Å². The molecule has 0 bridgehead atoms. The Morgan fingerprint density at radius 3 is 2.58 bits per heavy atom. The van der Waals surface area contributed by atoms with Crippen LogP contribution in [0.5, 0.6) is 5.75 Å². The van der Waals surface area contributed by atoms with E-state index in [0.717, 1.165) is 61.4 Å². The molecule has 7 aromatic rings. The third kappa shape index (κ3) is 4.06. The van der Waals surface area contributed by atoms with E-state index in [1.165, 1.54) is 0 Å². The largest absolute Gasteiger partial charge is 0.487 e. The standard InChI is InChI=1S/C31H22N6O/c1-2-7-20(8-3-1)19-38-22-15-21(17-32-18-22)25-12-13-28-30(35-25)31(37-36-28)29-16-24-23(9-6-11-27(24)34-29)26-10-4-5-14-33-26/h1-18,34H,19H2,(H,36,37). The zero-order valence-electron chi connectivity index (χ0n) is 20.3. The molecule has 0 saturated carbocycles. The van der Waals surface area contributed by atoms with Crippen molar-refractivity contribution in [1.82, 2.24) is 30.1 Å². The van der Waals surface area contributed by atoms with Gasteiger partial charge in [-0.3, -0.25) is 15.1 Å². The first-order chi connectivity index (χ1) is 18.8. The minimum Gasteiger partial charge on any atom is -0.487 e. The van der Waals surface area contributed by atoms with Gasteiger partial charge in [0.2, 0.25) is 0 Å². The lowest BCUT2D eigenvalue weighted by Gasteiger charge is -2.08. The average Bonchev–Trinajstić information content (AvgIpc) is 3.61. The van der Waals surface area contributed by atoms with Gasteiger partial charge in [0.25, 0.3) is 0 Å². The molecule has 7 nitrogen and oxygen atoms in total. The molecule has 5 heterocycles. The first kappa shape index (κ1) is 21.9. The second kappa shape index (κ2) is 9.29. The van der Waals surface area contributed by atoms with E-state index in [2.05, 4.69) is 43.3 Å². The van der Waals surface area contributed by atoms with E-state index in [1.807, 2.05) is 79.0 Å². The van der Waals surface area contributed by atoms with E-state index >= 15 is 0 Å². The van der Waals surface area contributed by atoms with Gasteiger partial charge in [-0.05, 0) is 48.0 Å². The van der Waals surface area contributed by atoms with Crippen molar-refractivity contribution in [3.8, 4) is 39.7 Å². The van der Waals surface area contributed by atoms with E-state index < -0.39 is 0 Å². The fraction of sp³-hybridized carbons (Fsp3) is 0.0323. The number of pyridine rings is 3. The topological polar surface area (TPSA) is 92.4 Å². The van der Waals surface area contributed by atoms with Gasteiger partial charge in [0, 0.05) is 34.4 Å². The Hall–Kier alpha value is -5.30. The summed E-state index contributed by atoms with van der Waals surface area (Å²) in [5, 5.41) is 8.81. The summed E-state index contributed by atoms with van der Waals surface area (Å²) in [7, 11) is 0. The number of ether oxygens (including phenoxy) is 1. The summed E-state index contributed by atoms with van der Waals surface area (Å²) in [6, 6.07) is 30.2. The molecule has 2 aromatic carbocycles. The van der Waals surface area contributed by atoms with Gasteiger partial charge >= 0.3 is 0 Å².